The van der Waals surface area contributed by atoms with Crippen LogP contribution in [0, 0.1) is 12.0 Å². The number of hydrogen-bond donors (Lipinski definition) is 1. The number of rotatable bonds is 5. The summed E-state index contributed by atoms with van der Waals surface area (Å²) in [5, 5.41) is 3.30. The van der Waals surface area contributed by atoms with Crippen molar-refractivity contribution in [1.29, 1.82) is 0 Å². The molecule has 0 aliphatic carbocycles. The SMILES string of the molecule is C=C1NC(c2ccc(OCCOC)cc2)=[C-]CC1C.[Y]. The zero-order valence-corrected chi connectivity index (χ0v) is 14.9. The van der Waals surface area contributed by atoms with Crippen LogP contribution in [0.15, 0.2) is 36.5 Å². The molecule has 1 atom stereocenters. The average molecular weight is 347 g/mol. The Labute approximate surface area is 146 Å². The van der Waals surface area contributed by atoms with Gasteiger partial charge in [0.25, 0.3) is 0 Å². The van der Waals surface area contributed by atoms with Gasteiger partial charge < -0.3 is 14.8 Å². The van der Waals surface area contributed by atoms with Gasteiger partial charge in [0.2, 0.25) is 0 Å². The maximum absolute atomic E-state index is 5.53. The minimum Gasteiger partial charge on any atom is -0.491 e. The molecule has 1 unspecified atom stereocenters. The van der Waals surface area contributed by atoms with E-state index in [1.54, 1.807) is 7.11 Å². The van der Waals surface area contributed by atoms with Gasteiger partial charge in [0.15, 0.2) is 0 Å². The molecule has 105 valence electrons. The van der Waals surface area contributed by atoms with Gasteiger partial charge in [-0.2, -0.15) is 5.56 Å². The Hall–Kier alpha value is -0.636. The van der Waals surface area contributed by atoms with E-state index in [4.69, 9.17) is 9.47 Å². The molecule has 0 spiro atoms. The van der Waals surface area contributed by atoms with Crippen LogP contribution in [0.3, 0.4) is 0 Å². The van der Waals surface area contributed by atoms with E-state index in [2.05, 4.69) is 24.9 Å². The molecule has 0 saturated carbocycles. The number of nitrogens with one attached hydrogen (secondary N) is 1. The summed E-state index contributed by atoms with van der Waals surface area (Å²) < 4.78 is 10.5. The van der Waals surface area contributed by atoms with Gasteiger partial charge in [-0.05, 0) is 18.1 Å². The van der Waals surface area contributed by atoms with Crippen LogP contribution in [-0.2, 0) is 37.4 Å². The Morgan fingerprint density at radius 3 is 2.60 bits per heavy atom. The molecule has 0 amide bonds. The van der Waals surface area contributed by atoms with Crippen molar-refractivity contribution in [2.45, 2.75) is 13.3 Å². The first kappa shape index (κ1) is 17.4. The van der Waals surface area contributed by atoms with Gasteiger partial charge in [0.1, 0.15) is 12.4 Å². The Balaban J connectivity index is 0.00000200. The molecule has 0 aromatic heterocycles. The van der Waals surface area contributed by atoms with Crippen LogP contribution in [0.25, 0.3) is 5.70 Å². The Morgan fingerprint density at radius 1 is 1.30 bits per heavy atom. The predicted molar refractivity (Wildman–Crippen MR) is 76.5 cm³/mol. The van der Waals surface area contributed by atoms with Crippen LogP contribution < -0.4 is 10.1 Å². The molecular weight excluding hydrogens is 327 g/mol. The minimum atomic E-state index is 0. The van der Waals surface area contributed by atoms with Gasteiger partial charge >= 0.3 is 0 Å². The second-order valence-electron chi connectivity index (χ2n) is 4.67. The summed E-state index contributed by atoms with van der Waals surface area (Å²) in [6, 6.07) is 7.98. The van der Waals surface area contributed by atoms with Gasteiger partial charge in [-0.1, -0.05) is 13.5 Å². The van der Waals surface area contributed by atoms with Crippen LogP contribution in [0.5, 0.6) is 5.75 Å². The van der Waals surface area contributed by atoms with Crippen molar-refractivity contribution in [3.05, 3.63) is 48.2 Å². The van der Waals surface area contributed by atoms with Gasteiger partial charge in [-0.25, -0.2) is 6.08 Å². The van der Waals surface area contributed by atoms with Crippen LogP contribution in [0.4, 0.5) is 0 Å². The molecule has 1 aromatic rings. The van der Waals surface area contributed by atoms with Crippen molar-refractivity contribution < 1.29 is 42.2 Å². The summed E-state index contributed by atoms with van der Waals surface area (Å²) in [5.74, 6) is 1.30. The summed E-state index contributed by atoms with van der Waals surface area (Å²) in [5.41, 5.74) is 3.16. The van der Waals surface area contributed by atoms with E-state index in [0.29, 0.717) is 19.1 Å². The topological polar surface area (TPSA) is 30.5 Å². The van der Waals surface area contributed by atoms with Crippen LogP contribution in [0.1, 0.15) is 18.9 Å². The van der Waals surface area contributed by atoms with Gasteiger partial charge in [-0.15, -0.1) is 24.3 Å². The van der Waals surface area contributed by atoms with E-state index >= 15 is 0 Å². The molecule has 1 aromatic carbocycles. The number of hydrogen-bond acceptors (Lipinski definition) is 3. The third-order valence-corrected chi connectivity index (χ3v) is 3.16. The zero-order chi connectivity index (χ0) is 13.7. The van der Waals surface area contributed by atoms with Crippen molar-refractivity contribution >= 4 is 5.70 Å². The average Bonchev–Trinajstić information content (AvgIpc) is 2.43. The molecule has 0 saturated heterocycles. The number of benzene rings is 1. The van der Waals surface area contributed by atoms with Gasteiger partial charge in [0, 0.05) is 45.5 Å². The Kier molecular flexibility index (Phi) is 7.49. The molecule has 1 aliphatic heterocycles. The summed E-state index contributed by atoms with van der Waals surface area (Å²) in [4.78, 5) is 0. The molecule has 0 fully saturated rings. The predicted octanol–water partition coefficient (Wildman–Crippen LogP) is 3.00. The number of ether oxygens (including phenoxy) is 2. The molecule has 3 nitrogen and oxygen atoms in total. The summed E-state index contributed by atoms with van der Waals surface area (Å²) in [6.07, 6.45) is 4.28. The van der Waals surface area contributed by atoms with Crippen molar-refractivity contribution in [2.75, 3.05) is 20.3 Å². The Bertz CT molecular complexity index is 468. The van der Waals surface area contributed by atoms with E-state index in [-0.39, 0.29) is 32.7 Å². The monoisotopic (exact) mass is 347 g/mol. The number of allylic oxidation sites excluding steroid dienone is 2. The quantitative estimate of drug-likeness (QED) is 0.656. The maximum atomic E-state index is 5.53. The van der Waals surface area contributed by atoms with Crippen molar-refractivity contribution in [1.82, 2.24) is 5.32 Å². The fourth-order valence-corrected chi connectivity index (χ4v) is 1.84. The summed E-state index contributed by atoms with van der Waals surface area (Å²) in [6.45, 7) is 7.34. The summed E-state index contributed by atoms with van der Waals surface area (Å²) in [7, 11) is 1.66. The molecule has 4 heteroatoms. The van der Waals surface area contributed by atoms with E-state index in [9.17, 15) is 0 Å². The zero-order valence-electron chi connectivity index (χ0n) is 12.1. The molecule has 0 bridgehead atoms. The molecule has 1 radical (unpaired) electrons. The molecule has 1 heterocycles. The first-order chi connectivity index (χ1) is 9.20. The third-order valence-electron chi connectivity index (χ3n) is 3.16. The fraction of sp³-hybridized carbons (Fsp3) is 0.375. The second-order valence-corrected chi connectivity index (χ2v) is 4.67. The van der Waals surface area contributed by atoms with Crippen molar-refractivity contribution in [3.63, 3.8) is 0 Å². The summed E-state index contributed by atoms with van der Waals surface area (Å²) >= 11 is 0. The van der Waals surface area contributed by atoms with Crippen molar-refractivity contribution in [3.8, 4) is 5.75 Å². The smallest absolute Gasteiger partial charge is 0.116 e. The first-order valence-corrected chi connectivity index (χ1v) is 6.49. The second kappa shape index (κ2) is 8.61. The fourth-order valence-electron chi connectivity index (χ4n) is 1.84. The molecule has 20 heavy (non-hydrogen) atoms. The minimum absolute atomic E-state index is 0. The molecule has 1 aliphatic rings. The van der Waals surface area contributed by atoms with Gasteiger partial charge in [-0.3, -0.25) is 0 Å². The normalized spacial score (nSPS) is 17.8. The van der Waals surface area contributed by atoms with E-state index in [1.807, 2.05) is 24.3 Å². The van der Waals surface area contributed by atoms with E-state index < -0.39 is 0 Å². The largest absolute Gasteiger partial charge is 0.491 e. The van der Waals surface area contributed by atoms with Crippen LogP contribution >= 0.6 is 0 Å². The Morgan fingerprint density at radius 2 is 2.00 bits per heavy atom. The van der Waals surface area contributed by atoms with Gasteiger partial charge in [0.05, 0.1) is 6.61 Å². The van der Waals surface area contributed by atoms with Crippen LogP contribution in [-0.4, -0.2) is 20.3 Å². The van der Waals surface area contributed by atoms with Crippen molar-refractivity contribution in [2.24, 2.45) is 5.92 Å². The van der Waals surface area contributed by atoms with E-state index in [1.165, 1.54) is 0 Å². The number of methoxy groups -OCH3 is 1. The molecular formula is C16H20NO2Y-. The molecule has 2 rings (SSSR count). The maximum Gasteiger partial charge on any atom is 0.116 e. The molecule has 1 N–H and O–H groups in total. The van der Waals surface area contributed by atoms with Crippen LogP contribution in [0.2, 0.25) is 0 Å². The third kappa shape index (κ3) is 4.73. The van der Waals surface area contributed by atoms with E-state index in [0.717, 1.165) is 29.1 Å². The first-order valence-electron chi connectivity index (χ1n) is 6.49. The standard InChI is InChI=1S/C16H20NO2.Y/c1-12-4-9-16(17-13(12)2)14-5-7-15(8-6-14)19-11-10-18-3;/h5-8,12,17H,2,4,10-11H2,1,3H3;/q-1;.